The van der Waals surface area contributed by atoms with Crippen LogP contribution in [0.4, 0.5) is 5.69 Å². The molecule has 1 unspecified atom stereocenters. The zero-order valence-electron chi connectivity index (χ0n) is 16.1. The van der Waals surface area contributed by atoms with Gasteiger partial charge in [0.05, 0.1) is 18.0 Å². The van der Waals surface area contributed by atoms with E-state index in [-0.39, 0.29) is 18.3 Å². The van der Waals surface area contributed by atoms with Crippen molar-refractivity contribution in [2.24, 2.45) is 5.92 Å². The van der Waals surface area contributed by atoms with Crippen LogP contribution in [0.15, 0.2) is 67.1 Å². The minimum Gasteiger partial charge on any atom is -0.334 e. The molecule has 2 heterocycles. The molecule has 29 heavy (non-hydrogen) atoms. The van der Waals surface area contributed by atoms with Gasteiger partial charge < -0.3 is 9.47 Å². The summed E-state index contributed by atoms with van der Waals surface area (Å²) >= 11 is 0. The van der Waals surface area contributed by atoms with Gasteiger partial charge in [-0.3, -0.25) is 4.79 Å². The lowest BCUT2D eigenvalue weighted by Gasteiger charge is -2.32. The van der Waals surface area contributed by atoms with E-state index in [0.717, 1.165) is 42.9 Å². The van der Waals surface area contributed by atoms with Crippen LogP contribution in [0.1, 0.15) is 29.7 Å². The predicted molar refractivity (Wildman–Crippen MR) is 115 cm³/mol. The van der Waals surface area contributed by atoms with E-state index < -0.39 is 0 Å². The lowest BCUT2D eigenvalue weighted by molar-refractivity contribution is -0.120. The van der Waals surface area contributed by atoms with E-state index in [1.165, 1.54) is 0 Å². The molecule has 0 bridgehead atoms. The van der Waals surface area contributed by atoms with Gasteiger partial charge in [-0.05, 0) is 42.2 Å². The van der Waals surface area contributed by atoms with Crippen LogP contribution in [0.25, 0.3) is 0 Å². The van der Waals surface area contributed by atoms with Crippen LogP contribution in [-0.4, -0.2) is 22.0 Å². The standard InChI is InChI=1S/C23H22N4O.ClH/c24-14-19-8-6-18(7-9-19)12-22-15-25-17-26(22)16-20-10-11-27(23(28)13-20)21-4-2-1-3-5-21;/h1-9,15,17,20H,10-13,16H2;1H. The van der Waals surface area contributed by atoms with Crippen LogP contribution in [0.2, 0.25) is 0 Å². The Morgan fingerprint density at radius 2 is 1.86 bits per heavy atom. The van der Waals surface area contributed by atoms with E-state index in [1.807, 2.05) is 72.0 Å². The van der Waals surface area contributed by atoms with Crippen LogP contribution in [-0.2, 0) is 17.8 Å². The second-order valence-corrected chi connectivity index (χ2v) is 7.26. The number of nitriles is 1. The van der Waals surface area contributed by atoms with Crippen molar-refractivity contribution in [3.05, 3.63) is 83.9 Å². The molecule has 1 aromatic heterocycles. The van der Waals surface area contributed by atoms with Crippen molar-refractivity contribution < 1.29 is 4.79 Å². The van der Waals surface area contributed by atoms with Gasteiger partial charge in [-0.2, -0.15) is 5.26 Å². The maximum atomic E-state index is 12.6. The normalized spacial score (nSPS) is 16.2. The number of anilines is 1. The van der Waals surface area contributed by atoms with E-state index in [9.17, 15) is 4.79 Å². The van der Waals surface area contributed by atoms with E-state index in [1.54, 1.807) is 0 Å². The number of aromatic nitrogens is 2. The predicted octanol–water partition coefficient (Wildman–Crippen LogP) is 4.21. The zero-order valence-corrected chi connectivity index (χ0v) is 16.9. The lowest BCUT2D eigenvalue weighted by atomic mass is 9.95. The topological polar surface area (TPSA) is 61.9 Å². The number of piperidine rings is 1. The van der Waals surface area contributed by atoms with Crippen LogP contribution in [0.5, 0.6) is 0 Å². The fourth-order valence-electron chi connectivity index (χ4n) is 3.78. The molecule has 4 rings (SSSR count). The highest BCUT2D eigenvalue weighted by Gasteiger charge is 2.27. The van der Waals surface area contributed by atoms with Gasteiger partial charge in [0.2, 0.25) is 5.91 Å². The van der Waals surface area contributed by atoms with Gasteiger partial charge in [0.15, 0.2) is 0 Å². The summed E-state index contributed by atoms with van der Waals surface area (Å²) in [5.74, 6) is 0.512. The molecule has 0 saturated carbocycles. The second kappa shape index (κ2) is 9.40. The number of hydrogen-bond acceptors (Lipinski definition) is 3. The van der Waals surface area contributed by atoms with E-state index in [0.29, 0.717) is 17.9 Å². The summed E-state index contributed by atoms with van der Waals surface area (Å²) in [7, 11) is 0. The molecule has 2 aromatic carbocycles. The Bertz CT molecular complexity index is 992. The fourth-order valence-corrected chi connectivity index (χ4v) is 3.78. The van der Waals surface area contributed by atoms with Gasteiger partial charge in [-0.1, -0.05) is 30.3 Å². The molecule has 0 aliphatic carbocycles. The first-order valence-corrected chi connectivity index (χ1v) is 9.56. The molecule has 148 valence electrons. The number of halogens is 1. The van der Waals surface area contributed by atoms with Crippen molar-refractivity contribution in [1.82, 2.24) is 9.55 Å². The Balaban J connectivity index is 0.00000240. The second-order valence-electron chi connectivity index (χ2n) is 7.26. The van der Waals surface area contributed by atoms with Gasteiger partial charge in [0.1, 0.15) is 0 Å². The van der Waals surface area contributed by atoms with E-state index in [2.05, 4.69) is 15.6 Å². The van der Waals surface area contributed by atoms with Gasteiger partial charge in [-0.15, -0.1) is 12.4 Å². The molecule has 1 aliphatic rings. The molecule has 1 saturated heterocycles. The number of amides is 1. The minimum absolute atomic E-state index is 0. The van der Waals surface area contributed by atoms with Gasteiger partial charge in [0.25, 0.3) is 0 Å². The van der Waals surface area contributed by atoms with E-state index in [4.69, 9.17) is 5.26 Å². The monoisotopic (exact) mass is 406 g/mol. The van der Waals surface area contributed by atoms with E-state index >= 15 is 0 Å². The number of carbonyl (C=O) groups excluding carboxylic acids is 1. The number of benzene rings is 2. The number of carbonyl (C=O) groups is 1. The van der Waals surface area contributed by atoms with Crippen molar-refractivity contribution >= 4 is 24.0 Å². The maximum Gasteiger partial charge on any atom is 0.227 e. The first kappa shape index (κ1) is 20.6. The molecular formula is C23H23ClN4O. The lowest BCUT2D eigenvalue weighted by Crippen LogP contribution is -2.39. The third-order valence-electron chi connectivity index (χ3n) is 5.31. The number of nitrogens with zero attached hydrogens (tertiary/aromatic N) is 4. The number of para-hydroxylation sites is 1. The Morgan fingerprint density at radius 3 is 2.55 bits per heavy atom. The van der Waals surface area contributed by atoms with Gasteiger partial charge in [-0.25, -0.2) is 4.98 Å². The third-order valence-corrected chi connectivity index (χ3v) is 5.31. The third kappa shape index (κ3) is 4.85. The molecule has 1 amide bonds. The van der Waals surface area contributed by atoms with Gasteiger partial charge >= 0.3 is 0 Å². The molecule has 6 heteroatoms. The average molecular weight is 407 g/mol. The highest BCUT2D eigenvalue weighted by Crippen LogP contribution is 2.26. The van der Waals surface area contributed by atoms with Crippen molar-refractivity contribution in [2.75, 3.05) is 11.4 Å². The number of imidazole rings is 1. The number of hydrogen-bond donors (Lipinski definition) is 0. The van der Waals surface area contributed by atoms with Gasteiger partial charge in [0, 0.05) is 43.5 Å². The number of rotatable bonds is 5. The smallest absolute Gasteiger partial charge is 0.227 e. The Labute approximate surface area is 177 Å². The van der Waals surface area contributed by atoms with Crippen LogP contribution in [0, 0.1) is 17.2 Å². The summed E-state index contributed by atoms with van der Waals surface area (Å²) in [6, 6.07) is 19.7. The van der Waals surface area contributed by atoms with Crippen molar-refractivity contribution in [3.8, 4) is 6.07 Å². The largest absolute Gasteiger partial charge is 0.334 e. The molecule has 5 nitrogen and oxygen atoms in total. The highest BCUT2D eigenvalue weighted by atomic mass is 35.5. The average Bonchev–Trinajstić information content (AvgIpc) is 3.16. The maximum absolute atomic E-state index is 12.6. The molecule has 0 radical (unpaired) electrons. The molecule has 1 aliphatic heterocycles. The van der Waals surface area contributed by atoms with Crippen LogP contribution >= 0.6 is 12.4 Å². The Hall–Kier alpha value is -3.10. The Kier molecular flexibility index (Phi) is 6.69. The summed E-state index contributed by atoms with van der Waals surface area (Å²) in [5.41, 5.74) is 3.93. The van der Waals surface area contributed by atoms with Crippen LogP contribution < -0.4 is 4.90 Å². The molecule has 0 N–H and O–H groups in total. The SMILES string of the molecule is Cl.N#Cc1ccc(Cc2cncn2CC2CCN(c3ccccc3)C(=O)C2)cc1. The quantitative estimate of drug-likeness (QED) is 0.637. The minimum atomic E-state index is 0. The summed E-state index contributed by atoms with van der Waals surface area (Å²) in [6.07, 6.45) is 6.05. The zero-order chi connectivity index (χ0) is 19.3. The molecule has 1 atom stereocenters. The Morgan fingerprint density at radius 1 is 1.10 bits per heavy atom. The summed E-state index contributed by atoms with van der Waals surface area (Å²) in [6.45, 7) is 1.56. The molecule has 0 spiro atoms. The van der Waals surface area contributed by atoms with Crippen molar-refractivity contribution in [1.29, 1.82) is 5.26 Å². The summed E-state index contributed by atoms with van der Waals surface area (Å²) in [5, 5.41) is 8.93. The van der Waals surface area contributed by atoms with Crippen molar-refractivity contribution in [3.63, 3.8) is 0 Å². The first-order valence-electron chi connectivity index (χ1n) is 9.56. The highest BCUT2D eigenvalue weighted by molar-refractivity contribution is 5.94. The molecule has 3 aromatic rings. The van der Waals surface area contributed by atoms with Crippen molar-refractivity contribution in [2.45, 2.75) is 25.8 Å². The first-order chi connectivity index (χ1) is 13.7. The molecular weight excluding hydrogens is 384 g/mol. The molecule has 1 fully saturated rings. The van der Waals surface area contributed by atoms with Crippen LogP contribution in [0.3, 0.4) is 0 Å². The summed E-state index contributed by atoms with van der Waals surface area (Å²) < 4.78 is 2.16. The fraction of sp³-hybridized carbons (Fsp3) is 0.261. The summed E-state index contributed by atoms with van der Waals surface area (Å²) in [4.78, 5) is 18.8.